The van der Waals surface area contributed by atoms with Crippen LogP contribution in [0.4, 0.5) is 18.0 Å². The molecule has 4 rings (SSSR count). The number of hydrogen-bond acceptors (Lipinski definition) is 4. The van der Waals surface area contributed by atoms with Crippen molar-refractivity contribution in [3.63, 3.8) is 0 Å². The number of rotatable bonds is 9. The van der Waals surface area contributed by atoms with Gasteiger partial charge < -0.3 is 19.5 Å². The van der Waals surface area contributed by atoms with Crippen LogP contribution >= 0.6 is 0 Å². The standard InChI is InChI=1S/C32H39F3N4O2/c1-7-32(5,6)28(36-16-22-18-39(19-26(22)35)30(40)41-31(2,3)4)29-37-27(24-15-23(33)13-14-25(24)34)20-38(29)17-21-11-9-8-10-12-21/h7-15,20,22,26,28,36H,1,16-19H2,2-6H3/t22?,26?,28-/m0/s1. The highest BCUT2D eigenvalue weighted by Crippen LogP contribution is 2.37. The van der Waals surface area contributed by atoms with Crippen LogP contribution in [-0.2, 0) is 11.3 Å². The van der Waals surface area contributed by atoms with Crippen molar-refractivity contribution in [3.8, 4) is 11.3 Å². The van der Waals surface area contributed by atoms with E-state index in [4.69, 9.17) is 9.72 Å². The van der Waals surface area contributed by atoms with E-state index in [-0.39, 0.29) is 25.2 Å². The molecule has 0 bridgehead atoms. The Bertz CT molecular complexity index is 1370. The Morgan fingerprint density at radius 3 is 2.51 bits per heavy atom. The summed E-state index contributed by atoms with van der Waals surface area (Å²) in [6, 6.07) is 12.6. The highest BCUT2D eigenvalue weighted by Gasteiger charge is 2.39. The summed E-state index contributed by atoms with van der Waals surface area (Å²) < 4.78 is 51.4. The number of halogens is 3. The van der Waals surface area contributed by atoms with Crippen molar-refractivity contribution in [1.29, 1.82) is 0 Å². The minimum Gasteiger partial charge on any atom is -0.444 e. The molecule has 1 aromatic heterocycles. The first-order valence-electron chi connectivity index (χ1n) is 13.8. The fraction of sp³-hybridized carbons (Fsp3) is 0.438. The molecule has 9 heteroatoms. The van der Waals surface area contributed by atoms with Gasteiger partial charge >= 0.3 is 6.09 Å². The van der Waals surface area contributed by atoms with Crippen LogP contribution in [0.2, 0.25) is 0 Å². The van der Waals surface area contributed by atoms with Gasteiger partial charge in [-0.2, -0.15) is 0 Å². The van der Waals surface area contributed by atoms with Crippen molar-refractivity contribution in [2.45, 2.75) is 59.0 Å². The fourth-order valence-electron chi connectivity index (χ4n) is 4.96. The SMILES string of the molecule is C=CC(C)(C)[C@@H](NCC1CN(C(=O)OC(C)(C)C)CC1F)c1nc(-c2cc(F)ccc2F)cn1Cc1ccccc1. The van der Waals surface area contributed by atoms with E-state index >= 15 is 4.39 Å². The quantitative estimate of drug-likeness (QED) is 0.285. The summed E-state index contributed by atoms with van der Waals surface area (Å²) in [5.41, 5.74) is 0.112. The van der Waals surface area contributed by atoms with E-state index in [9.17, 15) is 13.6 Å². The lowest BCUT2D eigenvalue weighted by molar-refractivity contribution is 0.0281. The molecule has 0 saturated carbocycles. The molecular weight excluding hydrogens is 529 g/mol. The predicted octanol–water partition coefficient (Wildman–Crippen LogP) is 6.92. The Morgan fingerprint density at radius 1 is 1.15 bits per heavy atom. The number of likely N-dealkylation sites (tertiary alicyclic amines) is 1. The average molecular weight is 569 g/mol. The summed E-state index contributed by atoms with van der Waals surface area (Å²) in [7, 11) is 0. The molecule has 1 N–H and O–H groups in total. The van der Waals surface area contributed by atoms with E-state index in [2.05, 4.69) is 11.9 Å². The molecule has 1 aliphatic heterocycles. The van der Waals surface area contributed by atoms with Gasteiger partial charge in [-0.3, -0.25) is 0 Å². The zero-order valence-corrected chi connectivity index (χ0v) is 24.3. The molecular formula is C32H39F3N4O2. The summed E-state index contributed by atoms with van der Waals surface area (Å²) in [5.74, 6) is -1.03. The third-order valence-corrected chi connectivity index (χ3v) is 7.33. The van der Waals surface area contributed by atoms with Gasteiger partial charge in [0.25, 0.3) is 0 Å². The van der Waals surface area contributed by atoms with Crippen LogP contribution in [0.15, 0.2) is 67.4 Å². The number of amides is 1. The summed E-state index contributed by atoms with van der Waals surface area (Å²) in [6.45, 7) is 14.2. The number of imidazole rings is 1. The average Bonchev–Trinajstić information content (AvgIpc) is 3.48. The van der Waals surface area contributed by atoms with E-state index in [1.54, 1.807) is 33.0 Å². The monoisotopic (exact) mass is 568 g/mol. The lowest BCUT2D eigenvalue weighted by Crippen LogP contribution is -2.40. The number of carbonyl (C=O) groups is 1. The lowest BCUT2D eigenvalue weighted by Gasteiger charge is -2.33. The zero-order valence-electron chi connectivity index (χ0n) is 24.3. The summed E-state index contributed by atoms with van der Waals surface area (Å²) in [5, 5.41) is 3.48. The molecule has 220 valence electrons. The molecule has 3 atom stereocenters. The van der Waals surface area contributed by atoms with Gasteiger partial charge in [-0.05, 0) is 44.5 Å². The van der Waals surface area contributed by atoms with Crippen LogP contribution < -0.4 is 5.32 Å². The van der Waals surface area contributed by atoms with Crippen LogP contribution in [0, 0.1) is 23.0 Å². The second-order valence-electron chi connectivity index (χ2n) is 12.3. The number of hydrogen-bond donors (Lipinski definition) is 1. The van der Waals surface area contributed by atoms with E-state index in [0.717, 1.165) is 23.8 Å². The molecule has 41 heavy (non-hydrogen) atoms. The number of carbonyl (C=O) groups excluding carboxylic acids is 1. The Morgan fingerprint density at radius 2 is 1.85 bits per heavy atom. The largest absolute Gasteiger partial charge is 0.444 e. The highest BCUT2D eigenvalue weighted by molar-refractivity contribution is 5.68. The summed E-state index contributed by atoms with van der Waals surface area (Å²) in [6.07, 6.45) is 1.74. The maximum Gasteiger partial charge on any atom is 0.410 e. The van der Waals surface area contributed by atoms with Crippen molar-refractivity contribution in [2.24, 2.45) is 11.3 Å². The number of nitrogens with zero attached hydrogens (tertiary/aromatic N) is 3. The molecule has 1 amide bonds. The van der Waals surface area contributed by atoms with Crippen molar-refractivity contribution in [3.05, 3.63) is 90.4 Å². The predicted molar refractivity (Wildman–Crippen MR) is 154 cm³/mol. The van der Waals surface area contributed by atoms with Crippen LogP contribution in [0.5, 0.6) is 0 Å². The van der Waals surface area contributed by atoms with Gasteiger partial charge in [0.15, 0.2) is 0 Å². The summed E-state index contributed by atoms with van der Waals surface area (Å²) in [4.78, 5) is 18.8. The molecule has 2 aromatic carbocycles. The Labute approximate surface area is 240 Å². The number of ether oxygens (including phenoxy) is 1. The first kappa shape index (κ1) is 30.4. The smallest absolute Gasteiger partial charge is 0.410 e. The molecule has 2 unspecified atom stereocenters. The van der Waals surface area contributed by atoms with E-state index in [0.29, 0.717) is 18.1 Å². The van der Waals surface area contributed by atoms with Crippen molar-refractivity contribution in [2.75, 3.05) is 19.6 Å². The first-order valence-corrected chi connectivity index (χ1v) is 13.8. The fourth-order valence-corrected chi connectivity index (χ4v) is 4.96. The maximum absolute atomic E-state index is 15.1. The molecule has 3 aromatic rings. The highest BCUT2D eigenvalue weighted by atomic mass is 19.1. The lowest BCUT2D eigenvalue weighted by atomic mass is 9.83. The van der Waals surface area contributed by atoms with Crippen LogP contribution in [0.3, 0.4) is 0 Å². The second kappa shape index (κ2) is 12.1. The number of nitrogens with one attached hydrogen (secondary N) is 1. The van der Waals surface area contributed by atoms with Crippen LogP contribution in [0.1, 0.15) is 52.0 Å². The number of aromatic nitrogens is 2. The molecule has 0 spiro atoms. The van der Waals surface area contributed by atoms with Gasteiger partial charge in [0.1, 0.15) is 29.2 Å². The van der Waals surface area contributed by atoms with Crippen molar-refractivity contribution < 1.29 is 22.7 Å². The molecule has 1 saturated heterocycles. The Kier molecular flexibility index (Phi) is 8.97. The molecule has 0 radical (unpaired) electrons. The van der Waals surface area contributed by atoms with Gasteiger partial charge in [-0.1, -0.05) is 50.3 Å². The minimum atomic E-state index is -1.23. The maximum atomic E-state index is 15.1. The topological polar surface area (TPSA) is 59.4 Å². The summed E-state index contributed by atoms with van der Waals surface area (Å²) >= 11 is 0. The number of alkyl halides is 1. The van der Waals surface area contributed by atoms with E-state index in [1.807, 2.05) is 48.7 Å². The van der Waals surface area contributed by atoms with E-state index < -0.39 is 46.9 Å². The molecule has 0 aliphatic carbocycles. The Hall–Kier alpha value is -3.59. The number of benzene rings is 2. The van der Waals surface area contributed by atoms with Crippen molar-refractivity contribution in [1.82, 2.24) is 19.8 Å². The van der Waals surface area contributed by atoms with Gasteiger partial charge in [0.2, 0.25) is 0 Å². The molecule has 6 nitrogen and oxygen atoms in total. The molecule has 1 fully saturated rings. The minimum absolute atomic E-state index is 0.0393. The van der Waals surface area contributed by atoms with Crippen molar-refractivity contribution >= 4 is 6.09 Å². The van der Waals surface area contributed by atoms with Crippen LogP contribution in [0.25, 0.3) is 11.3 Å². The molecule has 1 aliphatic rings. The second-order valence-corrected chi connectivity index (χ2v) is 12.3. The van der Waals surface area contributed by atoms with E-state index in [1.165, 1.54) is 4.90 Å². The van der Waals surface area contributed by atoms with Crippen LogP contribution in [-0.4, -0.2) is 52.0 Å². The van der Waals surface area contributed by atoms with Gasteiger partial charge in [-0.25, -0.2) is 22.9 Å². The third-order valence-electron chi connectivity index (χ3n) is 7.33. The third kappa shape index (κ3) is 7.38. The first-order chi connectivity index (χ1) is 19.3. The zero-order chi connectivity index (χ0) is 29.9. The van der Waals surface area contributed by atoms with Gasteiger partial charge in [-0.15, -0.1) is 6.58 Å². The van der Waals surface area contributed by atoms with Gasteiger partial charge in [0.05, 0.1) is 18.3 Å². The van der Waals surface area contributed by atoms with Gasteiger partial charge in [0, 0.05) is 42.7 Å². The normalized spacial score (nSPS) is 18.4. The Balaban J connectivity index is 1.66. The molecule has 2 heterocycles.